The summed E-state index contributed by atoms with van der Waals surface area (Å²) < 4.78 is 0. The zero-order valence-corrected chi connectivity index (χ0v) is 21.8. The second kappa shape index (κ2) is 17.0. The molecule has 1 heterocycles. The van der Waals surface area contributed by atoms with Crippen LogP contribution in [0.4, 0.5) is 0 Å². The minimum absolute atomic E-state index is 0.0989. The molecule has 0 aliphatic carbocycles. The van der Waals surface area contributed by atoms with Crippen LogP contribution in [0.25, 0.3) is 0 Å². The van der Waals surface area contributed by atoms with E-state index in [0.29, 0.717) is 51.6 Å². The molecular weight excluding hydrogens is 488 g/mol. The van der Waals surface area contributed by atoms with E-state index >= 15 is 0 Å². The van der Waals surface area contributed by atoms with Crippen molar-refractivity contribution in [3.05, 3.63) is 0 Å². The monoisotopic (exact) mass is 530 g/mol. The standard InChI is InChI=1S/C22H42N8O5S/c1-36-13-9-14(24)20(33)30-12-5-8-17(30)19(32)28-15(6-2-3-10-23)18(31)29-16(21(34)35)7-4-11-27-22(25)26/h14-17H,2-13,23-24H2,1H3,(H,28,32)(H,29,31)(H,34,35)(H4,25,26,27). The number of carbonyl (C=O) groups is 4. The summed E-state index contributed by atoms with van der Waals surface area (Å²) >= 11 is 1.59. The largest absolute Gasteiger partial charge is 0.480 e. The zero-order chi connectivity index (χ0) is 27.1. The average molecular weight is 531 g/mol. The van der Waals surface area contributed by atoms with Gasteiger partial charge in [-0.05, 0) is 69.9 Å². The molecule has 0 spiro atoms. The number of hydrogen-bond donors (Lipinski definition) is 7. The molecule has 36 heavy (non-hydrogen) atoms. The van der Waals surface area contributed by atoms with Crippen molar-refractivity contribution >= 4 is 41.4 Å². The van der Waals surface area contributed by atoms with Gasteiger partial charge in [-0.2, -0.15) is 11.8 Å². The molecule has 11 N–H and O–H groups in total. The van der Waals surface area contributed by atoms with E-state index in [-0.39, 0.29) is 31.3 Å². The number of nitrogens with one attached hydrogen (secondary N) is 2. The smallest absolute Gasteiger partial charge is 0.326 e. The van der Waals surface area contributed by atoms with E-state index in [0.717, 1.165) is 5.75 Å². The first-order valence-corrected chi connectivity index (χ1v) is 13.7. The molecule has 3 amide bonds. The van der Waals surface area contributed by atoms with Gasteiger partial charge >= 0.3 is 5.97 Å². The van der Waals surface area contributed by atoms with Gasteiger partial charge in [0.15, 0.2) is 5.96 Å². The molecule has 13 nitrogen and oxygen atoms in total. The molecule has 1 aliphatic heterocycles. The Bertz CT molecular complexity index is 765. The van der Waals surface area contributed by atoms with Crippen molar-refractivity contribution in [2.45, 2.75) is 75.5 Å². The predicted octanol–water partition coefficient (Wildman–Crippen LogP) is -1.71. The van der Waals surface area contributed by atoms with E-state index < -0.39 is 42.0 Å². The number of hydrogen-bond acceptors (Lipinski definition) is 8. The second-order valence-electron chi connectivity index (χ2n) is 8.77. The van der Waals surface area contributed by atoms with Crippen LogP contribution in [-0.2, 0) is 19.2 Å². The van der Waals surface area contributed by atoms with Crippen LogP contribution in [0.5, 0.6) is 0 Å². The summed E-state index contributed by atoms with van der Waals surface area (Å²) in [5.41, 5.74) is 22.1. The van der Waals surface area contributed by atoms with Crippen LogP contribution in [0.2, 0.25) is 0 Å². The Kier molecular flexibility index (Phi) is 14.8. The lowest BCUT2D eigenvalue weighted by Crippen LogP contribution is -2.56. The van der Waals surface area contributed by atoms with Gasteiger partial charge < -0.3 is 43.6 Å². The second-order valence-corrected chi connectivity index (χ2v) is 9.76. The van der Waals surface area contributed by atoms with Gasteiger partial charge in [-0.3, -0.25) is 19.4 Å². The van der Waals surface area contributed by atoms with Crippen molar-refractivity contribution in [2.24, 2.45) is 27.9 Å². The first-order chi connectivity index (χ1) is 17.1. The number of likely N-dealkylation sites (tertiary alicyclic amines) is 1. The SMILES string of the molecule is CSCCC(N)C(=O)N1CCCC1C(=O)NC(CCCCN)C(=O)NC(CCCN=C(N)N)C(=O)O. The molecule has 0 radical (unpaired) electrons. The summed E-state index contributed by atoms with van der Waals surface area (Å²) in [4.78, 5) is 55.9. The summed E-state index contributed by atoms with van der Waals surface area (Å²) in [5, 5.41) is 14.8. The zero-order valence-electron chi connectivity index (χ0n) is 21.0. The highest BCUT2D eigenvalue weighted by atomic mass is 32.2. The quantitative estimate of drug-likeness (QED) is 0.0639. The number of carboxylic acids is 1. The van der Waals surface area contributed by atoms with Crippen molar-refractivity contribution in [1.29, 1.82) is 0 Å². The summed E-state index contributed by atoms with van der Waals surface area (Å²) in [7, 11) is 0. The molecule has 1 aliphatic rings. The molecule has 0 aromatic heterocycles. The molecule has 1 saturated heterocycles. The van der Waals surface area contributed by atoms with Crippen LogP contribution < -0.4 is 33.6 Å². The maximum absolute atomic E-state index is 13.1. The van der Waals surface area contributed by atoms with Gasteiger partial charge in [0.2, 0.25) is 17.7 Å². The van der Waals surface area contributed by atoms with E-state index in [1.807, 2.05) is 6.26 Å². The number of rotatable bonds is 17. The van der Waals surface area contributed by atoms with Crippen LogP contribution >= 0.6 is 11.8 Å². The van der Waals surface area contributed by atoms with E-state index in [2.05, 4.69) is 15.6 Å². The topological polar surface area (TPSA) is 232 Å². The summed E-state index contributed by atoms with van der Waals surface area (Å²) in [6, 6.07) is -3.55. The highest BCUT2D eigenvalue weighted by Crippen LogP contribution is 2.20. The fourth-order valence-electron chi connectivity index (χ4n) is 3.95. The Labute approximate surface area is 216 Å². The minimum atomic E-state index is -1.20. The number of aliphatic imine (C=N–C) groups is 1. The molecule has 14 heteroatoms. The molecule has 4 atom stereocenters. The molecule has 1 fully saturated rings. The lowest BCUT2D eigenvalue weighted by molar-refractivity contribution is -0.143. The van der Waals surface area contributed by atoms with E-state index in [9.17, 15) is 24.3 Å². The molecule has 4 unspecified atom stereocenters. The van der Waals surface area contributed by atoms with Crippen molar-refractivity contribution in [3.63, 3.8) is 0 Å². The van der Waals surface area contributed by atoms with Crippen LogP contribution in [0.15, 0.2) is 4.99 Å². The first kappa shape index (κ1) is 31.4. The fourth-order valence-corrected chi connectivity index (χ4v) is 4.44. The predicted molar refractivity (Wildman–Crippen MR) is 140 cm³/mol. The van der Waals surface area contributed by atoms with E-state index in [1.165, 1.54) is 4.90 Å². The highest BCUT2D eigenvalue weighted by Gasteiger charge is 2.37. The van der Waals surface area contributed by atoms with E-state index in [4.69, 9.17) is 22.9 Å². The maximum Gasteiger partial charge on any atom is 0.326 e. The molecule has 0 aromatic carbocycles. The minimum Gasteiger partial charge on any atom is -0.480 e. The average Bonchev–Trinajstić information content (AvgIpc) is 3.33. The van der Waals surface area contributed by atoms with Crippen molar-refractivity contribution in [3.8, 4) is 0 Å². The molecular formula is C22H42N8O5S. The maximum atomic E-state index is 13.1. The molecule has 1 rings (SSSR count). The normalized spacial score (nSPS) is 17.6. The Hall–Kier alpha value is -2.58. The number of carbonyl (C=O) groups excluding carboxylic acids is 3. The van der Waals surface area contributed by atoms with Gasteiger partial charge in [-0.1, -0.05) is 0 Å². The number of nitrogens with two attached hydrogens (primary N) is 4. The number of amides is 3. The third-order valence-corrected chi connectivity index (χ3v) is 6.57. The van der Waals surface area contributed by atoms with Gasteiger partial charge in [0.05, 0.1) is 6.04 Å². The third kappa shape index (κ3) is 11.0. The highest BCUT2D eigenvalue weighted by molar-refractivity contribution is 7.98. The van der Waals surface area contributed by atoms with Crippen molar-refractivity contribution in [2.75, 3.05) is 31.6 Å². The number of aliphatic carboxylic acids is 1. The van der Waals surface area contributed by atoms with Crippen LogP contribution in [-0.4, -0.2) is 95.5 Å². The number of nitrogens with zero attached hydrogens (tertiary/aromatic N) is 2. The Balaban J connectivity index is 2.86. The van der Waals surface area contributed by atoms with Crippen LogP contribution in [0.1, 0.15) is 51.4 Å². The van der Waals surface area contributed by atoms with Gasteiger partial charge in [0.25, 0.3) is 0 Å². The number of carboxylic acid groups (broad SMARTS) is 1. The lowest BCUT2D eigenvalue weighted by Gasteiger charge is -2.28. The van der Waals surface area contributed by atoms with Gasteiger partial charge in [-0.25, -0.2) is 4.79 Å². The number of guanidine groups is 1. The molecule has 0 saturated carbocycles. The summed E-state index contributed by atoms with van der Waals surface area (Å²) in [6.45, 7) is 1.07. The summed E-state index contributed by atoms with van der Waals surface area (Å²) in [5.74, 6) is -1.91. The van der Waals surface area contributed by atoms with E-state index in [1.54, 1.807) is 11.8 Å². The molecule has 206 valence electrons. The summed E-state index contributed by atoms with van der Waals surface area (Å²) in [6.07, 6.45) is 5.49. The number of thioether (sulfide) groups is 1. The first-order valence-electron chi connectivity index (χ1n) is 12.3. The molecule has 0 aromatic rings. The van der Waals surface area contributed by atoms with Crippen molar-refractivity contribution in [1.82, 2.24) is 15.5 Å². The van der Waals surface area contributed by atoms with Gasteiger partial charge in [0.1, 0.15) is 18.1 Å². The fraction of sp³-hybridized carbons (Fsp3) is 0.773. The molecule has 0 bridgehead atoms. The Morgan fingerprint density at radius 2 is 1.78 bits per heavy atom. The van der Waals surface area contributed by atoms with Crippen LogP contribution in [0, 0.1) is 0 Å². The lowest BCUT2D eigenvalue weighted by atomic mass is 10.1. The van der Waals surface area contributed by atoms with Gasteiger partial charge in [0, 0.05) is 13.1 Å². The van der Waals surface area contributed by atoms with Crippen molar-refractivity contribution < 1.29 is 24.3 Å². The third-order valence-electron chi connectivity index (χ3n) is 5.93. The van der Waals surface area contributed by atoms with Gasteiger partial charge in [-0.15, -0.1) is 0 Å². The Morgan fingerprint density at radius 1 is 1.08 bits per heavy atom. The number of unbranched alkanes of at least 4 members (excludes halogenated alkanes) is 1. The Morgan fingerprint density at radius 3 is 2.39 bits per heavy atom. The van der Waals surface area contributed by atoms with Crippen LogP contribution in [0.3, 0.4) is 0 Å².